The third-order valence-corrected chi connectivity index (χ3v) is 4.62. The zero-order valence-electron chi connectivity index (χ0n) is 12.2. The predicted molar refractivity (Wildman–Crippen MR) is 76.5 cm³/mol. The molecule has 2 aliphatic heterocycles. The molecular formula is C16H29NO. The maximum atomic E-state index is 9.34. The monoisotopic (exact) mass is 251 g/mol. The normalized spacial score (nSPS) is 34.6. The van der Waals surface area contributed by atoms with E-state index in [-0.39, 0.29) is 6.10 Å². The molecule has 0 aliphatic carbocycles. The molecule has 0 bridgehead atoms. The van der Waals surface area contributed by atoms with Crippen LogP contribution in [0.1, 0.15) is 52.9 Å². The fourth-order valence-electron chi connectivity index (χ4n) is 3.68. The van der Waals surface area contributed by atoms with E-state index in [1.54, 1.807) is 5.57 Å². The first-order valence-electron chi connectivity index (χ1n) is 7.68. The Labute approximate surface area is 112 Å². The van der Waals surface area contributed by atoms with Gasteiger partial charge in [0.15, 0.2) is 0 Å². The zero-order valence-corrected chi connectivity index (χ0v) is 12.2. The summed E-state index contributed by atoms with van der Waals surface area (Å²) in [5.74, 6) is 1.44. The highest BCUT2D eigenvalue weighted by molar-refractivity contribution is 5.13. The minimum atomic E-state index is -0.154. The van der Waals surface area contributed by atoms with E-state index in [2.05, 4.69) is 24.8 Å². The Hall–Kier alpha value is -0.340. The van der Waals surface area contributed by atoms with E-state index in [0.29, 0.717) is 5.92 Å². The van der Waals surface area contributed by atoms with Crippen LogP contribution in [0.25, 0.3) is 0 Å². The molecule has 2 nitrogen and oxygen atoms in total. The summed E-state index contributed by atoms with van der Waals surface area (Å²) < 4.78 is 0. The average Bonchev–Trinajstić information content (AvgIpc) is 2.75. The first kappa shape index (κ1) is 14.1. The highest BCUT2D eigenvalue weighted by atomic mass is 16.3. The van der Waals surface area contributed by atoms with Crippen LogP contribution in [-0.2, 0) is 0 Å². The summed E-state index contributed by atoms with van der Waals surface area (Å²) >= 11 is 0. The third kappa shape index (κ3) is 3.58. The Morgan fingerprint density at radius 1 is 1.39 bits per heavy atom. The summed E-state index contributed by atoms with van der Waals surface area (Å²) in [5, 5.41) is 9.34. The largest absolute Gasteiger partial charge is 0.393 e. The van der Waals surface area contributed by atoms with E-state index in [9.17, 15) is 5.11 Å². The van der Waals surface area contributed by atoms with Crippen LogP contribution in [0.15, 0.2) is 11.6 Å². The van der Waals surface area contributed by atoms with E-state index in [4.69, 9.17) is 0 Å². The second-order valence-corrected chi connectivity index (χ2v) is 6.59. The van der Waals surface area contributed by atoms with Crippen LogP contribution in [0.3, 0.4) is 0 Å². The van der Waals surface area contributed by atoms with Gasteiger partial charge in [0.1, 0.15) is 0 Å². The van der Waals surface area contributed by atoms with Gasteiger partial charge < -0.3 is 5.11 Å². The molecule has 2 heteroatoms. The van der Waals surface area contributed by atoms with Crippen molar-refractivity contribution in [3.05, 3.63) is 11.6 Å². The van der Waals surface area contributed by atoms with Crippen LogP contribution in [0.5, 0.6) is 0 Å². The van der Waals surface area contributed by atoms with Gasteiger partial charge in [0.05, 0.1) is 6.10 Å². The molecule has 1 N–H and O–H groups in total. The number of fused-ring (bicyclic) bond motifs is 1. The van der Waals surface area contributed by atoms with E-state index in [1.807, 2.05) is 6.92 Å². The van der Waals surface area contributed by atoms with Crippen molar-refractivity contribution in [3.8, 4) is 0 Å². The van der Waals surface area contributed by atoms with Crippen LogP contribution in [0, 0.1) is 11.8 Å². The van der Waals surface area contributed by atoms with Gasteiger partial charge in [-0.25, -0.2) is 0 Å². The van der Waals surface area contributed by atoms with Gasteiger partial charge in [0, 0.05) is 12.6 Å². The predicted octanol–water partition coefficient (Wildman–Crippen LogP) is 3.21. The molecule has 4 atom stereocenters. The number of rotatable bonds is 4. The van der Waals surface area contributed by atoms with Crippen molar-refractivity contribution in [1.29, 1.82) is 0 Å². The van der Waals surface area contributed by atoms with Gasteiger partial charge in [0.2, 0.25) is 0 Å². The molecular weight excluding hydrogens is 222 g/mol. The van der Waals surface area contributed by atoms with E-state index in [1.165, 1.54) is 32.4 Å². The van der Waals surface area contributed by atoms with Gasteiger partial charge in [-0.05, 0) is 57.4 Å². The summed E-state index contributed by atoms with van der Waals surface area (Å²) in [6, 6.07) is 0.856. The van der Waals surface area contributed by atoms with Crippen molar-refractivity contribution in [3.63, 3.8) is 0 Å². The van der Waals surface area contributed by atoms with Gasteiger partial charge >= 0.3 is 0 Å². The smallest absolute Gasteiger partial charge is 0.0512 e. The Kier molecular flexibility index (Phi) is 4.85. The van der Waals surface area contributed by atoms with Crippen molar-refractivity contribution >= 4 is 0 Å². The second-order valence-electron chi connectivity index (χ2n) is 6.59. The lowest BCUT2D eigenvalue weighted by Gasteiger charge is -2.36. The maximum Gasteiger partial charge on any atom is 0.0512 e. The van der Waals surface area contributed by atoms with Crippen molar-refractivity contribution in [2.45, 2.75) is 65.0 Å². The molecule has 0 aromatic carbocycles. The third-order valence-electron chi connectivity index (χ3n) is 4.62. The lowest BCUT2D eigenvalue weighted by Crippen LogP contribution is -2.40. The topological polar surface area (TPSA) is 23.5 Å². The Morgan fingerprint density at radius 3 is 2.89 bits per heavy atom. The molecule has 0 radical (unpaired) electrons. The van der Waals surface area contributed by atoms with Crippen LogP contribution in [0.4, 0.5) is 0 Å². The number of hydrogen-bond acceptors (Lipinski definition) is 2. The lowest BCUT2D eigenvalue weighted by atomic mass is 9.86. The lowest BCUT2D eigenvalue weighted by molar-refractivity contribution is 0.174. The molecule has 18 heavy (non-hydrogen) atoms. The van der Waals surface area contributed by atoms with Gasteiger partial charge in [-0.3, -0.25) is 4.90 Å². The molecule has 0 spiro atoms. The van der Waals surface area contributed by atoms with Crippen LogP contribution in [0.2, 0.25) is 0 Å². The minimum absolute atomic E-state index is 0.154. The highest BCUT2D eigenvalue weighted by Crippen LogP contribution is 2.34. The number of nitrogens with zero attached hydrogens (tertiary/aromatic N) is 1. The number of aliphatic hydroxyl groups is 1. The quantitative estimate of drug-likeness (QED) is 0.776. The molecule has 4 unspecified atom stereocenters. The summed E-state index contributed by atoms with van der Waals surface area (Å²) in [4.78, 5) is 2.68. The molecule has 2 heterocycles. The van der Waals surface area contributed by atoms with E-state index >= 15 is 0 Å². The Balaban J connectivity index is 1.88. The van der Waals surface area contributed by atoms with Gasteiger partial charge in [0.25, 0.3) is 0 Å². The highest BCUT2D eigenvalue weighted by Gasteiger charge is 2.33. The number of piperidine rings is 1. The molecule has 2 rings (SSSR count). The molecule has 104 valence electrons. The number of hydrogen-bond donors (Lipinski definition) is 1. The standard InChI is InChI=1S/C16H29NO/c1-12(6-7-14(3)18)9-15-10-13(2)16-5-4-8-17(16)11-15/h9,12-14,16,18H,4-8,10-11H2,1-3H3. The van der Waals surface area contributed by atoms with Crippen LogP contribution in [-0.4, -0.2) is 35.2 Å². The van der Waals surface area contributed by atoms with Gasteiger partial charge in [-0.2, -0.15) is 0 Å². The van der Waals surface area contributed by atoms with E-state index in [0.717, 1.165) is 24.8 Å². The molecule has 0 amide bonds. The fraction of sp³-hybridized carbons (Fsp3) is 0.875. The summed E-state index contributed by atoms with van der Waals surface area (Å²) in [7, 11) is 0. The SMILES string of the molecule is CC(O)CCC(C)C=C1CC(C)C2CCCN2C1. The second kappa shape index (κ2) is 6.21. The molecule has 2 fully saturated rings. The first-order chi connectivity index (χ1) is 8.56. The van der Waals surface area contributed by atoms with Gasteiger partial charge in [-0.15, -0.1) is 0 Å². The zero-order chi connectivity index (χ0) is 13.1. The van der Waals surface area contributed by atoms with Crippen molar-refractivity contribution in [2.24, 2.45) is 11.8 Å². The maximum absolute atomic E-state index is 9.34. The number of aliphatic hydroxyl groups excluding tert-OH is 1. The van der Waals surface area contributed by atoms with Crippen LogP contribution < -0.4 is 0 Å². The van der Waals surface area contributed by atoms with Crippen LogP contribution >= 0.6 is 0 Å². The summed E-state index contributed by atoms with van der Waals surface area (Å²) in [6.45, 7) is 9.09. The first-order valence-corrected chi connectivity index (χ1v) is 7.68. The fourth-order valence-corrected chi connectivity index (χ4v) is 3.68. The molecule has 0 saturated carbocycles. The summed E-state index contributed by atoms with van der Waals surface area (Å²) in [5.41, 5.74) is 1.64. The average molecular weight is 251 g/mol. The number of allylic oxidation sites excluding steroid dienone is 1. The molecule has 2 aliphatic rings. The van der Waals surface area contributed by atoms with Gasteiger partial charge in [-0.1, -0.05) is 25.5 Å². The molecule has 0 aromatic heterocycles. The van der Waals surface area contributed by atoms with E-state index < -0.39 is 0 Å². The molecule has 2 saturated heterocycles. The Bertz CT molecular complexity index is 297. The Morgan fingerprint density at radius 2 is 2.17 bits per heavy atom. The van der Waals surface area contributed by atoms with Crippen molar-refractivity contribution < 1.29 is 5.11 Å². The van der Waals surface area contributed by atoms with Crippen molar-refractivity contribution in [2.75, 3.05) is 13.1 Å². The minimum Gasteiger partial charge on any atom is -0.393 e. The van der Waals surface area contributed by atoms with Crippen molar-refractivity contribution in [1.82, 2.24) is 4.90 Å². The molecule has 0 aromatic rings. The summed E-state index contributed by atoms with van der Waals surface area (Å²) in [6.07, 6.45) is 8.45.